The summed E-state index contributed by atoms with van der Waals surface area (Å²) >= 11 is 0. The highest BCUT2D eigenvalue weighted by molar-refractivity contribution is 5.84. The summed E-state index contributed by atoms with van der Waals surface area (Å²) in [5.41, 5.74) is 1.10. The van der Waals surface area contributed by atoms with Crippen LogP contribution in [0.15, 0.2) is 30.3 Å². The lowest BCUT2D eigenvalue weighted by molar-refractivity contribution is -0.135. The Kier molecular flexibility index (Phi) is 3.70. The van der Waals surface area contributed by atoms with Crippen molar-refractivity contribution in [1.82, 2.24) is 5.32 Å². The molecule has 2 unspecified atom stereocenters. The molecule has 0 amide bonds. The van der Waals surface area contributed by atoms with Crippen LogP contribution in [0.5, 0.6) is 0 Å². The van der Waals surface area contributed by atoms with E-state index in [0.717, 1.165) is 12.1 Å². The summed E-state index contributed by atoms with van der Waals surface area (Å²) in [5.74, 6) is 0.210. The fraction of sp³-hybridized carbons (Fsp3) is 0.462. The smallest absolute Gasteiger partial charge is 0.164 e. The first kappa shape index (κ1) is 11.3. The summed E-state index contributed by atoms with van der Waals surface area (Å²) in [6.45, 7) is 3.27. The van der Waals surface area contributed by atoms with E-state index in [1.807, 2.05) is 37.3 Å². The normalized spacial score (nSPS) is 25.7. The maximum Gasteiger partial charge on any atom is 0.164 e. The molecule has 1 aliphatic heterocycles. The van der Waals surface area contributed by atoms with Gasteiger partial charge < -0.3 is 10.1 Å². The van der Waals surface area contributed by atoms with Gasteiger partial charge in [0.2, 0.25) is 0 Å². The molecule has 2 atom stereocenters. The number of Topliss-reactive ketones (excluding diaryl/α,β-unsaturated/α-hetero) is 1. The molecule has 16 heavy (non-hydrogen) atoms. The zero-order chi connectivity index (χ0) is 11.4. The second-order valence-electron chi connectivity index (χ2n) is 4.18. The molecule has 1 aliphatic rings. The van der Waals surface area contributed by atoms with Crippen molar-refractivity contribution in [1.29, 1.82) is 0 Å². The number of rotatable bonds is 3. The van der Waals surface area contributed by atoms with Crippen molar-refractivity contribution in [3.05, 3.63) is 35.9 Å². The molecule has 1 saturated heterocycles. The number of hydrogen-bond donors (Lipinski definition) is 1. The van der Waals surface area contributed by atoms with Crippen LogP contribution in [0.4, 0.5) is 0 Å². The van der Waals surface area contributed by atoms with Gasteiger partial charge in [-0.1, -0.05) is 30.3 Å². The fourth-order valence-corrected chi connectivity index (χ4v) is 1.95. The second kappa shape index (κ2) is 5.23. The second-order valence-corrected chi connectivity index (χ2v) is 4.18. The summed E-state index contributed by atoms with van der Waals surface area (Å²) in [7, 11) is 0. The standard InChI is InChI=1S/C13H17NO2/c1-10-13(12(15)7-8-14-10)16-9-11-5-3-2-4-6-11/h2-6,10,13-14H,7-9H2,1H3. The van der Waals surface area contributed by atoms with Gasteiger partial charge in [0.15, 0.2) is 5.78 Å². The largest absolute Gasteiger partial charge is 0.364 e. The molecule has 2 rings (SSSR count). The minimum Gasteiger partial charge on any atom is -0.364 e. The summed E-state index contributed by atoms with van der Waals surface area (Å²) in [6, 6.07) is 10.0. The third-order valence-electron chi connectivity index (χ3n) is 2.88. The van der Waals surface area contributed by atoms with Gasteiger partial charge in [0, 0.05) is 19.0 Å². The average Bonchev–Trinajstić information content (AvgIpc) is 2.30. The summed E-state index contributed by atoms with van der Waals surface area (Å²) in [6.07, 6.45) is 0.276. The van der Waals surface area contributed by atoms with Crippen LogP contribution in [-0.4, -0.2) is 24.5 Å². The zero-order valence-corrected chi connectivity index (χ0v) is 9.48. The van der Waals surface area contributed by atoms with Crippen LogP contribution >= 0.6 is 0 Å². The van der Waals surface area contributed by atoms with Gasteiger partial charge in [-0.15, -0.1) is 0 Å². The van der Waals surface area contributed by atoms with Crippen LogP contribution in [0.25, 0.3) is 0 Å². The van der Waals surface area contributed by atoms with Crippen LogP contribution < -0.4 is 5.32 Å². The molecule has 1 aromatic carbocycles. The van der Waals surface area contributed by atoms with Crippen molar-refractivity contribution in [2.75, 3.05) is 6.54 Å². The lowest BCUT2D eigenvalue weighted by atomic mass is 10.0. The van der Waals surface area contributed by atoms with E-state index in [0.29, 0.717) is 13.0 Å². The first-order chi connectivity index (χ1) is 7.77. The highest BCUT2D eigenvalue weighted by atomic mass is 16.5. The molecule has 1 aromatic rings. The molecule has 0 radical (unpaired) electrons. The van der Waals surface area contributed by atoms with Gasteiger partial charge in [0.1, 0.15) is 6.10 Å². The highest BCUT2D eigenvalue weighted by Crippen LogP contribution is 2.11. The van der Waals surface area contributed by atoms with Crippen molar-refractivity contribution in [2.45, 2.75) is 32.1 Å². The number of carbonyl (C=O) groups is 1. The SMILES string of the molecule is CC1NCCC(=O)C1OCc1ccccc1. The quantitative estimate of drug-likeness (QED) is 0.837. The Morgan fingerprint density at radius 3 is 2.81 bits per heavy atom. The Bertz CT molecular complexity index is 350. The van der Waals surface area contributed by atoms with Crippen LogP contribution in [0.2, 0.25) is 0 Å². The fourth-order valence-electron chi connectivity index (χ4n) is 1.95. The maximum absolute atomic E-state index is 11.7. The van der Waals surface area contributed by atoms with Gasteiger partial charge in [0.25, 0.3) is 0 Å². The van der Waals surface area contributed by atoms with Gasteiger partial charge in [-0.3, -0.25) is 4.79 Å². The van der Waals surface area contributed by atoms with E-state index in [-0.39, 0.29) is 17.9 Å². The van der Waals surface area contributed by atoms with E-state index in [4.69, 9.17) is 4.74 Å². The third-order valence-corrected chi connectivity index (χ3v) is 2.88. The minimum atomic E-state index is -0.297. The van der Waals surface area contributed by atoms with Crippen LogP contribution in [0.1, 0.15) is 18.9 Å². The molecule has 1 heterocycles. The molecule has 0 saturated carbocycles. The topological polar surface area (TPSA) is 38.3 Å². The number of nitrogens with one attached hydrogen (secondary N) is 1. The number of benzene rings is 1. The van der Waals surface area contributed by atoms with E-state index < -0.39 is 0 Å². The monoisotopic (exact) mass is 219 g/mol. The van der Waals surface area contributed by atoms with E-state index in [1.165, 1.54) is 0 Å². The third kappa shape index (κ3) is 2.68. The van der Waals surface area contributed by atoms with Gasteiger partial charge in [-0.2, -0.15) is 0 Å². The molecular weight excluding hydrogens is 202 g/mol. The average molecular weight is 219 g/mol. The molecule has 1 fully saturated rings. The summed E-state index contributed by atoms with van der Waals surface area (Å²) < 4.78 is 5.68. The Morgan fingerprint density at radius 2 is 2.12 bits per heavy atom. The molecule has 0 aromatic heterocycles. The predicted octanol–water partition coefficient (Wildman–Crippen LogP) is 1.52. The number of carbonyl (C=O) groups excluding carboxylic acids is 1. The van der Waals surface area contributed by atoms with Gasteiger partial charge >= 0.3 is 0 Å². The summed E-state index contributed by atoms with van der Waals surface area (Å²) in [5, 5.41) is 3.25. The van der Waals surface area contributed by atoms with E-state index >= 15 is 0 Å². The molecule has 86 valence electrons. The Hall–Kier alpha value is -1.19. The van der Waals surface area contributed by atoms with Crippen LogP contribution in [-0.2, 0) is 16.1 Å². The van der Waals surface area contributed by atoms with Crippen molar-refractivity contribution in [2.24, 2.45) is 0 Å². The van der Waals surface area contributed by atoms with Crippen molar-refractivity contribution in [3.8, 4) is 0 Å². The van der Waals surface area contributed by atoms with Gasteiger partial charge in [-0.25, -0.2) is 0 Å². The summed E-state index contributed by atoms with van der Waals surface area (Å²) in [4.78, 5) is 11.7. The molecule has 0 spiro atoms. The Morgan fingerprint density at radius 1 is 1.38 bits per heavy atom. The van der Waals surface area contributed by atoms with E-state index in [2.05, 4.69) is 5.32 Å². The molecular formula is C13H17NO2. The van der Waals surface area contributed by atoms with Crippen LogP contribution in [0, 0.1) is 0 Å². The number of piperidine rings is 1. The molecule has 0 aliphatic carbocycles. The van der Waals surface area contributed by atoms with E-state index in [9.17, 15) is 4.79 Å². The zero-order valence-electron chi connectivity index (χ0n) is 9.48. The minimum absolute atomic E-state index is 0.116. The lowest BCUT2D eigenvalue weighted by Gasteiger charge is -2.28. The molecule has 3 heteroatoms. The Balaban J connectivity index is 1.91. The maximum atomic E-state index is 11.7. The molecule has 3 nitrogen and oxygen atoms in total. The Labute approximate surface area is 95.8 Å². The molecule has 0 bridgehead atoms. The van der Waals surface area contributed by atoms with Gasteiger partial charge in [0.05, 0.1) is 6.61 Å². The molecule has 1 N–H and O–H groups in total. The lowest BCUT2D eigenvalue weighted by Crippen LogP contribution is -2.49. The van der Waals surface area contributed by atoms with E-state index in [1.54, 1.807) is 0 Å². The number of ketones is 1. The first-order valence-corrected chi connectivity index (χ1v) is 5.69. The van der Waals surface area contributed by atoms with Crippen molar-refractivity contribution < 1.29 is 9.53 Å². The van der Waals surface area contributed by atoms with Crippen LogP contribution in [0.3, 0.4) is 0 Å². The number of ether oxygens (including phenoxy) is 1. The van der Waals surface area contributed by atoms with Gasteiger partial charge in [-0.05, 0) is 12.5 Å². The van der Waals surface area contributed by atoms with Crippen molar-refractivity contribution in [3.63, 3.8) is 0 Å². The van der Waals surface area contributed by atoms with Crippen molar-refractivity contribution >= 4 is 5.78 Å². The number of hydrogen-bond acceptors (Lipinski definition) is 3. The first-order valence-electron chi connectivity index (χ1n) is 5.69. The highest BCUT2D eigenvalue weighted by Gasteiger charge is 2.28. The predicted molar refractivity (Wildman–Crippen MR) is 62.1 cm³/mol.